The molecule has 6 nitrogen and oxygen atoms in total. The van der Waals surface area contributed by atoms with E-state index in [1.807, 2.05) is 0 Å². The fraction of sp³-hybridized carbons (Fsp3) is 0.526. The van der Waals surface area contributed by atoms with Gasteiger partial charge in [0.1, 0.15) is 23.8 Å². The van der Waals surface area contributed by atoms with Crippen molar-refractivity contribution in [1.82, 2.24) is 4.90 Å². The minimum atomic E-state index is -0.648. The maximum absolute atomic E-state index is 13.6. The standard InChI is InChI=1S/C19H23FN2O4/c1-14(23)6-7-17(24)21-9-3-8-19(12-21)13-22(18(25)11-26-19)16-5-2-4-15(20)10-16/h2,4-5,10H,3,6-9,11-13H2,1H3. The van der Waals surface area contributed by atoms with Gasteiger partial charge in [-0.25, -0.2) is 4.39 Å². The second-order valence-electron chi connectivity index (χ2n) is 7.05. The Bertz CT molecular complexity index is 723. The van der Waals surface area contributed by atoms with E-state index < -0.39 is 11.4 Å². The van der Waals surface area contributed by atoms with Gasteiger partial charge in [-0.05, 0) is 38.0 Å². The van der Waals surface area contributed by atoms with Crippen LogP contribution in [-0.4, -0.2) is 54.3 Å². The summed E-state index contributed by atoms with van der Waals surface area (Å²) in [5, 5.41) is 0. The first kappa shape index (κ1) is 18.5. The van der Waals surface area contributed by atoms with E-state index >= 15 is 0 Å². The number of carbonyl (C=O) groups is 3. The molecule has 2 aliphatic rings. The summed E-state index contributed by atoms with van der Waals surface area (Å²) in [5.74, 6) is -0.708. The van der Waals surface area contributed by atoms with E-state index in [2.05, 4.69) is 0 Å². The molecule has 2 fully saturated rings. The van der Waals surface area contributed by atoms with Crippen LogP contribution in [0.2, 0.25) is 0 Å². The van der Waals surface area contributed by atoms with E-state index in [1.54, 1.807) is 17.0 Å². The molecule has 0 bridgehead atoms. The molecule has 0 aromatic heterocycles. The monoisotopic (exact) mass is 362 g/mol. The lowest BCUT2D eigenvalue weighted by Crippen LogP contribution is -2.62. The van der Waals surface area contributed by atoms with Gasteiger partial charge in [0.25, 0.3) is 5.91 Å². The zero-order valence-corrected chi connectivity index (χ0v) is 14.9. The Morgan fingerprint density at radius 1 is 1.27 bits per heavy atom. The van der Waals surface area contributed by atoms with Crippen LogP contribution in [0.4, 0.5) is 10.1 Å². The van der Waals surface area contributed by atoms with Gasteiger partial charge in [0, 0.05) is 25.1 Å². The van der Waals surface area contributed by atoms with E-state index in [1.165, 1.54) is 24.0 Å². The topological polar surface area (TPSA) is 66.9 Å². The number of rotatable bonds is 4. The second-order valence-corrected chi connectivity index (χ2v) is 7.05. The predicted octanol–water partition coefficient (Wildman–Crippen LogP) is 1.92. The number of ether oxygens (including phenoxy) is 1. The number of amides is 2. The first-order valence-corrected chi connectivity index (χ1v) is 8.86. The van der Waals surface area contributed by atoms with Crippen molar-refractivity contribution in [2.24, 2.45) is 0 Å². The normalized spacial score (nSPS) is 23.4. The number of likely N-dealkylation sites (tertiary alicyclic amines) is 1. The van der Waals surface area contributed by atoms with Crippen molar-refractivity contribution in [1.29, 1.82) is 0 Å². The molecule has 0 saturated carbocycles. The number of piperidine rings is 1. The lowest BCUT2D eigenvalue weighted by atomic mass is 9.90. The second kappa shape index (κ2) is 7.53. The third-order valence-electron chi connectivity index (χ3n) is 4.95. The molecule has 0 N–H and O–H groups in total. The zero-order chi connectivity index (χ0) is 18.7. The smallest absolute Gasteiger partial charge is 0.253 e. The number of ketones is 1. The molecule has 140 valence electrons. The van der Waals surface area contributed by atoms with Gasteiger partial charge in [0.05, 0.1) is 13.1 Å². The minimum absolute atomic E-state index is 0.0122. The van der Waals surface area contributed by atoms with Crippen molar-refractivity contribution in [3.63, 3.8) is 0 Å². The summed E-state index contributed by atoms with van der Waals surface area (Å²) < 4.78 is 19.4. The van der Waals surface area contributed by atoms with Crippen molar-refractivity contribution < 1.29 is 23.5 Å². The van der Waals surface area contributed by atoms with Crippen molar-refractivity contribution in [3.05, 3.63) is 30.1 Å². The Hall–Kier alpha value is -2.28. The summed E-state index contributed by atoms with van der Waals surface area (Å²) in [5.41, 5.74) is -0.151. The first-order valence-electron chi connectivity index (χ1n) is 8.86. The Balaban J connectivity index is 1.73. The van der Waals surface area contributed by atoms with E-state index in [4.69, 9.17) is 4.74 Å². The van der Waals surface area contributed by atoms with E-state index in [0.717, 1.165) is 12.8 Å². The summed E-state index contributed by atoms with van der Waals surface area (Å²) in [6, 6.07) is 5.92. The van der Waals surface area contributed by atoms with Crippen LogP contribution in [0, 0.1) is 5.82 Å². The Morgan fingerprint density at radius 3 is 2.81 bits per heavy atom. The van der Waals surface area contributed by atoms with Gasteiger partial charge < -0.3 is 19.3 Å². The van der Waals surface area contributed by atoms with Gasteiger partial charge in [0.15, 0.2) is 0 Å². The van der Waals surface area contributed by atoms with Crippen LogP contribution < -0.4 is 4.90 Å². The molecule has 1 spiro atoms. The molecule has 26 heavy (non-hydrogen) atoms. The van der Waals surface area contributed by atoms with E-state index in [0.29, 0.717) is 18.8 Å². The van der Waals surface area contributed by atoms with Gasteiger partial charge in [-0.2, -0.15) is 0 Å². The van der Waals surface area contributed by atoms with E-state index in [-0.39, 0.29) is 43.6 Å². The molecule has 2 heterocycles. The number of hydrogen-bond acceptors (Lipinski definition) is 4. The zero-order valence-electron chi connectivity index (χ0n) is 14.9. The Kier molecular flexibility index (Phi) is 5.36. The van der Waals surface area contributed by atoms with Gasteiger partial charge in [-0.15, -0.1) is 0 Å². The van der Waals surface area contributed by atoms with Crippen molar-refractivity contribution >= 4 is 23.3 Å². The largest absolute Gasteiger partial charge is 0.361 e. The van der Waals surface area contributed by atoms with Crippen molar-refractivity contribution in [3.8, 4) is 0 Å². The summed E-state index contributed by atoms with van der Waals surface area (Å²) in [6.45, 7) is 2.66. The maximum atomic E-state index is 13.6. The van der Waals surface area contributed by atoms with Crippen LogP contribution in [0.5, 0.6) is 0 Å². The van der Waals surface area contributed by atoms with Crippen LogP contribution in [0.15, 0.2) is 24.3 Å². The number of morpholine rings is 1. The van der Waals surface area contributed by atoms with Crippen molar-refractivity contribution in [2.75, 3.05) is 31.1 Å². The SMILES string of the molecule is CC(=O)CCC(=O)N1CCCC2(C1)CN(c1cccc(F)c1)C(=O)CO2. The molecule has 0 aliphatic carbocycles. The highest BCUT2D eigenvalue weighted by Crippen LogP contribution is 2.32. The van der Waals surface area contributed by atoms with Gasteiger partial charge >= 0.3 is 0 Å². The highest BCUT2D eigenvalue weighted by Gasteiger charge is 2.44. The van der Waals surface area contributed by atoms with Crippen LogP contribution in [-0.2, 0) is 19.1 Å². The third kappa shape index (κ3) is 4.09. The lowest BCUT2D eigenvalue weighted by Gasteiger charge is -2.47. The average molecular weight is 362 g/mol. The highest BCUT2D eigenvalue weighted by atomic mass is 19.1. The quantitative estimate of drug-likeness (QED) is 0.821. The van der Waals surface area contributed by atoms with Crippen LogP contribution in [0.3, 0.4) is 0 Å². The number of anilines is 1. The van der Waals surface area contributed by atoms with Gasteiger partial charge in [0.2, 0.25) is 5.91 Å². The van der Waals surface area contributed by atoms with Crippen LogP contribution in [0.1, 0.15) is 32.6 Å². The number of Topliss-reactive ketones (excluding diaryl/α,β-unsaturated/α-hetero) is 1. The molecule has 2 amide bonds. The first-order chi connectivity index (χ1) is 12.4. The number of nitrogens with zero attached hydrogens (tertiary/aromatic N) is 2. The molecule has 1 aromatic carbocycles. The summed E-state index contributed by atoms with van der Waals surface area (Å²) in [7, 11) is 0. The number of carbonyl (C=O) groups excluding carboxylic acids is 3. The third-order valence-corrected chi connectivity index (χ3v) is 4.95. The van der Waals surface area contributed by atoms with Crippen LogP contribution >= 0.6 is 0 Å². The molecule has 1 unspecified atom stereocenters. The molecule has 1 atom stereocenters. The molecule has 2 aliphatic heterocycles. The molecule has 3 rings (SSSR count). The van der Waals surface area contributed by atoms with Crippen molar-refractivity contribution in [2.45, 2.75) is 38.2 Å². The molecular weight excluding hydrogens is 339 g/mol. The Labute approximate surface area is 151 Å². The predicted molar refractivity (Wildman–Crippen MR) is 93.2 cm³/mol. The molecule has 1 aromatic rings. The molecule has 2 saturated heterocycles. The fourth-order valence-electron chi connectivity index (χ4n) is 3.59. The number of halogens is 1. The number of benzene rings is 1. The molecular formula is C19H23FN2O4. The average Bonchev–Trinajstić information content (AvgIpc) is 2.62. The van der Waals surface area contributed by atoms with Gasteiger partial charge in [-0.3, -0.25) is 9.59 Å². The Morgan fingerprint density at radius 2 is 2.08 bits per heavy atom. The van der Waals surface area contributed by atoms with E-state index in [9.17, 15) is 18.8 Å². The fourth-order valence-corrected chi connectivity index (χ4v) is 3.59. The summed E-state index contributed by atoms with van der Waals surface area (Å²) in [6.07, 6.45) is 1.91. The van der Waals surface area contributed by atoms with Gasteiger partial charge in [-0.1, -0.05) is 6.07 Å². The summed E-state index contributed by atoms with van der Waals surface area (Å²) in [4.78, 5) is 39.0. The lowest BCUT2D eigenvalue weighted by molar-refractivity contribution is -0.153. The molecule has 0 radical (unpaired) electrons. The summed E-state index contributed by atoms with van der Waals surface area (Å²) >= 11 is 0. The maximum Gasteiger partial charge on any atom is 0.253 e. The minimum Gasteiger partial charge on any atom is -0.361 e. The number of hydrogen-bond donors (Lipinski definition) is 0. The molecule has 7 heteroatoms. The highest BCUT2D eigenvalue weighted by molar-refractivity contribution is 5.95. The van der Waals surface area contributed by atoms with Crippen LogP contribution in [0.25, 0.3) is 0 Å².